The maximum absolute atomic E-state index is 12.2. The molecule has 3 rings (SSSR count). The van der Waals surface area contributed by atoms with Crippen molar-refractivity contribution < 1.29 is 47.6 Å². The van der Waals surface area contributed by atoms with Crippen LogP contribution in [0.4, 0.5) is 0 Å². The van der Waals surface area contributed by atoms with Crippen molar-refractivity contribution in [1.82, 2.24) is 0 Å². The summed E-state index contributed by atoms with van der Waals surface area (Å²) < 4.78 is 33.7. The molecule has 7 atom stereocenters. The molecule has 10 nitrogen and oxygen atoms in total. The van der Waals surface area contributed by atoms with Crippen molar-refractivity contribution in [1.29, 1.82) is 0 Å². The van der Waals surface area contributed by atoms with Crippen LogP contribution in [-0.4, -0.2) is 61.5 Å². The van der Waals surface area contributed by atoms with Gasteiger partial charge in [0.1, 0.15) is 24.6 Å². The van der Waals surface area contributed by atoms with Gasteiger partial charge in [0.2, 0.25) is 0 Å². The second kappa shape index (κ2) is 14.5. The molecule has 1 fully saturated rings. The first kappa shape index (κ1) is 32.1. The summed E-state index contributed by atoms with van der Waals surface area (Å²) in [6.07, 6.45) is 1.05. The lowest BCUT2D eigenvalue weighted by Gasteiger charge is -2.44. The van der Waals surface area contributed by atoms with E-state index in [1.165, 1.54) is 27.7 Å². The van der Waals surface area contributed by atoms with Gasteiger partial charge in [0.25, 0.3) is 0 Å². The number of carbonyl (C=O) groups is 4. The smallest absolute Gasteiger partial charge is 0.303 e. The Morgan fingerprint density at radius 1 is 0.902 bits per heavy atom. The maximum Gasteiger partial charge on any atom is 0.303 e. The number of allylic oxidation sites excluding steroid dienone is 3. The quantitative estimate of drug-likeness (QED) is 0.285. The second-order valence-electron chi connectivity index (χ2n) is 10.1. The third-order valence-corrected chi connectivity index (χ3v) is 7.13. The monoisotopic (exact) mass is 592 g/mol. The number of halogens is 1. The molecule has 41 heavy (non-hydrogen) atoms. The van der Waals surface area contributed by atoms with Crippen LogP contribution in [-0.2, 0) is 54.0 Å². The van der Waals surface area contributed by atoms with Crippen molar-refractivity contribution in [2.45, 2.75) is 78.5 Å². The average Bonchev–Trinajstić information content (AvgIpc) is 2.87. The molecule has 0 bridgehead atoms. The molecule has 0 radical (unpaired) electrons. The summed E-state index contributed by atoms with van der Waals surface area (Å²) in [5.74, 6) is -1.46. The van der Waals surface area contributed by atoms with E-state index in [9.17, 15) is 19.2 Å². The van der Waals surface area contributed by atoms with E-state index in [1.54, 1.807) is 12.1 Å². The predicted molar refractivity (Wildman–Crippen MR) is 148 cm³/mol. The van der Waals surface area contributed by atoms with Crippen molar-refractivity contribution in [3.8, 4) is 0 Å². The van der Waals surface area contributed by atoms with Crippen LogP contribution < -0.4 is 0 Å². The van der Waals surface area contributed by atoms with Gasteiger partial charge in [-0.25, -0.2) is 0 Å². The van der Waals surface area contributed by atoms with Crippen LogP contribution in [0.1, 0.15) is 58.8 Å². The molecule has 2 unspecified atom stereocenters. The fraction of sp³-hybridized carbons (Fsp3) is 0.533. The molecule has 2 aliphatic rings. The van der Waals surface area contributed by atoms with Crippen LogP contribution in [0.2, 0.25) is 5.02 Å². The van der Waals surface area contributed by atoms with Gasteiger partial charge in [-0.1, -0.05) is 36.7 Å². The van der Waals surface area contributed by atoms with Gasteiger partial charge in [0.15, 0.2) is 18.3 Å². The van der Waals surface area contributed by atoms with Gasteiger partial charge >= 0.3 is 23.9 Å². The van der Waals surface area contributed by atoms with E-state index < -0.39 is 54.4 Å². The summed E-state index contributed by atoms with van der Waals surface area (Å²) in [5.41, 5.74) is 1.41. The Labute approximate surface area is 244 Å². The third kappa shape index (κ3) is 8.81. The molecular weight excluding hydrogens is 556 g/mol. The number of esters is 4. The molecule has 1 heterocycles. The Morgan fingerprint density at radius 2 is 1.54 bits per heavy atom. The molecule has 11 heteroatoms. The highest BCUT2D eigenvalue weighted by Gasteiger charge is 2.52. The normalized spacial score (nSPS) is 27.3. The van der Waals surface area contributed by atoms with Crippen molar-refractivity contribution in [3.05, 3.63) is 58.3 Å². The van der Waals surface area contributed by atoms with Gasteiger partial charge in [-0.2, -0.15) is 0 Å². The van der Waals surface area contributed by atoms with Crippen molar-refractivity contribution in [2.75, 3.05) is 13.2 Å². The Balaban J connectivity index is 2.01. The van der Waals surface area contributed by atoms with Gasteiger partial charge in [-0.15, -0.1) is 0 Å². The number of hydrogen-bond acceptors (Lipinski definition) is 10. The molecule has 1 aliphatic heterocycles. The van der Waals surface area contributed by atoms with Crippen molar-refractivity contribution in [3.63, 3.8) is 0 Å². The summed E-state index contributed by atoms with van der Waals surface area (Å²) >= 11 is 6.62. The zero-order valence-corrected chi connectivity index (χ0v) is 24.8. The number of carbonyl (C=O) groups excluding carboxylic acids is 4. The first-order chi connectivity index (χ1) is 19.4. The van der Waals surface area contributed by atoms with E-state index in [1.807, 2.05) is 19.1 Å². The lowest BCUT2D eigenvalue weighted by atomic mass is 9.83. The molecule has 0 saturated carbocycles. The Hall–Kier alpha value is -3.37. The van der Waals surface area contributed by atoms with Crippen LogP contribution in [0.25, 0.3) is 0 Å². The third-order valence-electron chi connectivity index (χ3n) is 6.77. The van der Waals surface area contributed by atoms with Gasteiger partial charge in [0, 0.05) is 32.7 Å². The molecule has 0 N–H and O–H groups in total. The summed E-state index contributed by atoms with van der Waals surface area (Å²) in [6, 6.07) is 5.30. The minimum Gasteiger partial charge on any atom is -0.494 e. The molecule has 1 aromatic carbocycles. The highest BCUT2D eigenvalue weighted by Crippen LogP contribution is 2.39. The number of ether oxygens (including phenoxy) is 6. The topological polar surface area (TPSA) is 124 Å². The molecule has 1 saturated heterocycles. The Bertz CT molecular complexity index is 1190. The molecule has 224 valence electrons. The van der Waals surface area contributed by atoms with Gasteiger partial charge in [0.05, 0.1) is 6.61 Å². The second-order valence-corrected chi connectivity index (χ2v) is 10.5. The minimum absolute atomic E-state index is 0.141. The first-order valence-electron chi connectivity index (χ1n) is 13.5. The summed E-state index contributed by atoms with van der Waals surface area (Å²) in [7, 11) is 0. The maximum atomic E-state index is 12.2. The van der Waals surface area contributed by atoms with Crippen molar-refractivity contribution in [2.24, 2.45) is 11.8 Å². The van der Waals surface area contributed by atoms with Crippen molar-refractivity contribution >= 4 is 35.5 Å². The fourth-order valence-corrected chi connectivity index (χ4v) is 5.22. The van der Waals surface area contributed by atoms with Crippen LogP contribution in [0.15, 0.2) is 42.2 Å². The SMILES string of the molecule is CCOC1=CC(C)C(Cc2cc([C@@H]3O[C@H](COC(C)=O)[C@@H](OC(C)=O)[C@H](OC(C)=O)[C@H]3OC(C)=O)ccc2Cl)C=C1. The summed E-state index contributed by atoms with van der Waals surface area (Å²) in [4.78, 5) is 48.0. The first-order valence-corrected chi connectivity index (χ1v) is 13.9. The van der Waals surface area contributed by atoms with E-state index in [2.05, 4.69) is 19.1 Å². The Kier molecular flexibility index (Phi) is 11.4. The number of benzene rings is 1. The molecule has 0 amide bonds. The minimum atomic E-state index is -1.25. The molecule has 1 aliphatic carbocycles. The Morgan fingerprint density at radius 3 is 2.12 bits per heavy atom. The van der Waals surface area contributed by atoms with Crippen LogP contribution >= 0.6 is 11.6 Å². The highest BCUT2D eigenvalue weighted by molar-refractivity contribution is 6.31. The van der Waals surface area contributed by atoms with Gasteiger partial charge < -0.3 is 28.4 Å². The summed E-state index contributed by atoms with van der Waals surface area (Å²) in [6.45, 7) is 9.12. The van der Waals surface area contributed by atoms with Crippen LogP contribution in [0.5, 0.6) is 0 Å². The zero-order valence-electron chi connectivity index (χ0n) is 24.1. The lowest BCUT2D eigenvalue weighted by Crippen LogP contribution is -2.59. The standard InChI is InChI=1S/C30H37ClO10/c1-7-36-24-10-8-21(16(2)12-24)13-23-14-22(9-11-25(23)31)27-29(39-19(5)34)30(40-20(6)35)28(38-18(4)33)26(41-27)15-37-17(3)32/h8-12,14,16,21,26-30H,7,13,15H2,1-6H3/t16?,21?,26-,27+,28-,29+,30+/m1/s1. The van der Waals surface area contributed by atoms with E-state index in [0.29, 0.717) is 23.6 Å². The molecular formula is C30H37ClO10. The van der Waals surface area contributed by atoms with E-state index >= 15 is 0 Å². The highest BCUT2D eigenvalue weighted by atomic mass is 35.5. The van der Waals surface area contributed by atoms with Gasteiger partial charge in [-0.3, -0.25) is 19.2 Å². The zero-order chi connectivity index (χ0) is 30.3. The van der Waals surface area contributed by atoms with Gasteiger partial charge in [-0.05, 0) is 54.5 Å². The largest absolute Gasteiger partial charge is 0.494 e. The van der Waals surface area contributed by atoms with E-state index in [0.717, 1.165) is 11.3 Å². The molecule has 0 aromatic heterocycles. The van der Waals surface area contributed by atoms with E-state index in [4.69, 9.17) is 40.0 Å². The van der Waals surface area contributed by atoms with Crippen LogP contribution in [0, 0.1) is 11.8 Å². The average molecular weight is 593 g/mol. The number of rotatable bonds is 10. The molecule has 0 spiro atoms. The molecule has 1 aromatic rings. The number of hydrogen-bond donors (Lipinski definition) is 0. The summed E-state index contributed by atoms with van der Waals surface area (Å²) in [5, 5.41) is 0.541. The van der Waals surface area contributed by atoms with E-state index in [-0.39, 0.29) is 18.4 Å². The fourth-order valence-electron chi connectivity index (χ4n) is 5.03. The predicted octanol–water partition coefficient (Wildman–Crippen LogP) is 4.42. The van der Waals surface area contributed by atoms with Crippen LogP contribution in [0.3, 0.4) is 0 Å². The lowest BCUT2D eigenvalue weighted by molar-refractivity contribution is -0.254.